The van der Waals surface area contributed by atoms with Crippen molar-refractivity contribution in [3.05, 3.63) is 214 Å². The van der Waals surface area contributed by atoms with Crippen LogP contribution in [0.1, 0.15) is 160 Å². The summed E-state index contributed by atoms with van der Waals surface area (Å²) in [5.74, 6) is 0.327. The lowest BCUT2D eigenvalue weighted by Crippen LogP contribution is -2.45. The highest BCUT2D eigenvalue weighted by Gasteiger charge is 2.33. The quantitative estimate of drug-likeness (QED) is 0.0310. The lowest BCUT2D eigenvalue weighted by molar-refractivity contribution is -0.151. The second-order valence-electron chi connectivity index (χ2n) is 33.8. The minimum Gasteiger partial charge on any atom is -0.477 e. The van der Waals surface area contributed by atoms with Gasteiger partial charge in [-0.05, 0) is 172 Å². The van der Waals surface area contributed by atoms with Crippen LogP contribution >= 0.6 is 0 Å². The number of nitrogens with zero attached hydrogens (tertiary/aromatic N) is 2. The van der Waals surface area contributed by atoms with Crippen molar-refractivity contribution in [3.63, 3.8) is 0 Å². The van der Waals surface area contributed by atoms with Gasteiger partial charge in [-0.25, -0.2) is 9.59 Å². The van der Waals surface area contributed by atoms with Crippen molar-refractivity contribution in [2.75, 3.05) is 95.7 Å². The lowest BCUT2D eigenvalue weighted by Gasteiger charge is -2.32. The maximum atomic E-state index is 12.5. The molecule has 8 aromatic rings. The molecule has 0 aromatic heterocycles. The number of hydrogen-bond acceptors (Lipinski definition) is 18. The molecule has 0 bridgehead atoms. The number of ether oxygens (including phenoxy) is 6. The maximum absolute atomic E-state index is 12.5. The number of benzene rings is 8. The molecule has 12 rings (SSSR count). The van der Waals surface area contributed by atoms with E-state index >= 15 is 0 Å². The summed E-state index contributed by atoms with van der Waals surface area (Å²) in [5, 5.41) is 18.0. The zero-order valence-electron chi connectivity index (χ0n) is 70.4. The first-order chi connectivity index (χ1) is 55.3. The summed E-state index contributed by atoms with van der Waals surface area (Å²) >= 11 is 0. The minimum absolute atomic E-state index is 0.0383. The molecule has 24 heteroatoms. The van der Waals surface area contributed by atoms with Gasteiger partial charge >= 0.3 is 11.9 Å². The second-order valence-corrected chi connectivity index (χ2v) is 33.8. The summed E-state index contributed by atoms with van der Waals surface area (Å²) in [7, 11) is 5.09. The number of hydrogen-bond donors (Lipinski definition) is 8. The van der Waals surface area contributed by atoms with E-state index in [1.165, 1.54) is 29.4 Å². The van der Waals surface area contributed by atoms with Crippen LogP contribution in [0.5, 0.6) is 23.0 Å². The smallest absolute Gasteiger partial charge is 0.349 e. The number of rotatable bonds is 21. The first-order valence-electron chi connectivity index (χ1n) is 39.8. The molecular formula is C93H116N10O14. The summed E-state index contributed by atoms with van der Waals surface area (Å²) in [6.45, 7) is 29.7. The Kier molecular flexibility index (Phi) is 30.0. The molecule has 0 radical (unpaired) electrons. The molecule has 4 heterocycles. The fraction of sp³-hybridized carbons (Fsp3) is 0.398. The summed E-state index contributed by atoms with van der Waals surface area (Å²) in [6.07, 6.45) is 1.68. The van der Waals surface area contributed by atoms with Gasteiger partial charge in [0.2, 0.25) is 35.8 Å². The van der Waals surface area contributed by atoms with Crippen molar-refractivity contribution in [2.24, 2.45) is 11.5 Å². The van der Waals surface area contributed by atoms with E-state index in [9.17, 15) is 38.4 Å². The Morgan fingerprint density at radius 3 is 0.974 bits per heavy atom. The van der Waals surface area contributed by atoms with E-state index in [4.69, 9.17) is 39.9 Å². The molecule has 4 unspecified atom stereocenters. The first-order valence-corrected chi connectivity index (χ1v) is 39.8. The maximum Gasteiger partial charge on any atom is 0.349 e. The molecule has 4 aliphatic rings. The third kappa shape index (κ3) is 26.2. The van der Waals surface area contributed by atoms with Gasteiger partial charge in [-0.1, -0.05) is 180 Å². The van der Waals surface area contributed by atoms with Crippen LogP contribution in [0, 0.1) is 0 Å². The van der Waals surface area contributed by atoms with E-state index in [0.717, 1.165) is 45.0 Å². The first kappa shape index (κ1) is 88.9. The Hall–Kier alpha value is -12.1. The third-order valence-corrected chi connectivity index (χ3v) is 20.2. The average molecular weight is 1600 g/mol. The molecule has 0 saturated heterocycles. The topological polar surface area (TPSA) is 323 Å². The van der Waals surface area contributed by atoms with Gasteiger partial charge < -0.3 is 81.6 Å². The molecule has 10 N–H and O–H groups in total. The standard InChI is InChI=1S/C25H32N2O4.C23H29N3O3.C23H28N2O4.C22H27N3O3/c1-6-30-24(29)22-16-27(5)20-15-19(12-13-21(20)31-22)26-23(28)14-9-17-7-10-18(11-8-17)25(2,3)4;1-23(2,3)16-8-5-15(6-9-16)7-12-21(27)25-17-10-11-19-18(13-17)26(4)14-20(29-19)22(24)28;1-23(2,3)16-8-5-15(6-9-16)7-12-21(26)25-17-10-11-19-18(13-17)24-14-20(29-19)22(27)28-4;1-22(2,3)15-7-4-14(5-8-15)6-11-20(26)25-16-9-10-18-17(12-16)24-13-19(28-18)21(23)27/h7-8,10-13,15,22H,6,9,14,16H2,1-5H3,(H,26,28);5-6,8-11,13,20H,7,12,14H2,1-4H3,(H2,24,28)(H,25,27);5-6,8-11,13,20,24H,7,12,14H2,1-4H3,(H,25,26);4-5,7-10,12,19,24H,6,11,13H2,1-3H3,(H2,23,27)(H,25,26). The number of fused-ring (bicyclic) bond motifs is 4. The van der Waals surface area contributed by atoms with Crippen molar-refractivity contribution >= 4 is 92.9 Å². The summed E-state index contributed by atoms with van der Waals surface area (Å²) in [5.41, 5.74) is 26.7. The highest BCUT2D eigenvalue weighted by atomic mass is 16.6. The summed E-state index contributed by atoms with van der Waals surface area (Å²) in [4.78, 5) is 99.5. The van der Waals surface area contributed by atoms with E-state index in [-0.39, 0.29) is 51.3 Å². The van der Waals surface area contributed by atoms with Gasteiger partial charge in [-0.2, -0.15) is 0 Å². The van der Waals surface area contributed by atoms with Crippen LogP contribution in [-0.2, 0) is 95.2 Å². The number of carbonyl (C=O) groups is 8. The van der Waals surface area contributed by atoms with Crippen molar-refractivity contribution in [1.29, 1.82) is 0 Å². The largest absolute Gasteiger partial charge is 0.477 e. The molecule has 6 amide bonds. The SMILES string of the molecule is CC(C)(C)c1ccc(CCC(=O)Nc2ccc3c(c2)NCC(C(N)=O)O3)cc1.CCOC(=O)C1CN(C)c2cc(NC(=O)CCc3ccc(C(C)(C)C)cc3)ccc2O1.CN1CC(C(N)=O)Oc2ccc(NC(=O)CCc3ccc(C(C)(C)C)cc3)cc21.COC(=O)C1CNc2cc(NC(=O)CCc3ccc(C(C)(C)C)cc3)ccc2O1. The van der Waals surface area contributed by atoms with Crippen LogP contribution in [0.2, 0.25) is 0 Å². The van der Waals surface area contributed by atoms with Crippen LogP contribution in [-0.4, -0.2) is 126 Å². The molecule has 8 aromatic carbocycles. The fourth-order valence-electron chi connectivity index (χ4n) is 13.1. The molecule has 0 spiro atoms. The normalized spacial score (nSPS) is 15.7. The molecule has 4 aliphatic heterocycles. The van der Waals surface area contributed by atoms with Gasteiger partial charge in [-0.3, -0.25) is 28.8 Å². The number of esters is 2. The van der Waals surface area contributed by atoms with Gasteiger partial charge in [0.05, 0.1) is 62.6 Å². The van der Waals surface area contributed by atoms with Gasteiger partial charge in [0, 0.05) is 62.5 Å². The van der Waals surface area contributed by atoms with Gasteiger partial charge in [0.1, 0.15) is 23.0 Å². The van der Waals surface area contributed by atoms with Gasteiger partial charge in [0.25, 0.3) is 11.8 Å². The summed E-state index contributed by atoms with van der Waals surface area (Å²) in [6, 6.07) is 55.1. The van der Waals surface area contributed by atoms with Crippen molar-refractivity contribution in [3.8, 4) is 23.0 Å². The zero-order valence-corrected chi connectivity index (χ0v) is 70.4. The number of nitrogens with one attached hydrogen (secondary N) is 6. The molecule has 622 valence electrons. The number of aryl methyl sites for hydroxylation is 4. The van der Waals surface area contributed by atoms with Crippen molar-refractivity contribution in [1.82, 2.24) is 0 Å². The highest BCUT2D eigenvalue weighted by molar-refractivity contribution is 5.95. The Morgan fingerprint density at radius 1 is 0.385 bits per heavy atom. The van der Waals surface area contributed by atoms with Crippen molar-refractivity contribution < 1.29 is 66.8 Å². The molecule has 0 fully saturated rings. The van der Waals surface area contributed by atoms with Crippen molar-refractivity contribution in [2.45, 2.75) is 187 Å². The number of anilines is 8. The average Bonchev–Trinajstić information content (AvgIpc) is 0.792. The Morgan fingerprint density at radius 2 is 0.667 bits per heavy atom. The van der Waals surface area contributed by atoms with E-state index in [1.807, 2.05) is 36.0 Å². The number of likely N-dealkylation sites (N-methyl/N-ethyl adjacent to an activating group) is 2. The monoisotopic (exact) mass is 1600 g/mol. The van der Waals surface area contributed by atoms with E-state index in [1.54, 1.807) is 67.6 Å². The predicted molar refractivity (Wildman–Crippen MR) is 462 cm³/mol. The van der Waals surface area contributed by atoms with Crippen LogP contribution in [0.4, 0.5) is 45.5 Å². The molecule has 0 saturated carbocycles. The molecular weight excluding hydrogens is 1480 g/mol. The van der Waals surface area contributed by atoms with E-state index in [0.29, 0.717) is 130 Å². The Balaban J connectivity index is 0.000000178. The Labute approximate surface area is 688 Å². The lowest BCUT2D eigenvalue weighted by atomic mass is 9.86. The van der Waals surface area contributed by atoms with E-state index < -0.39 is 42.2 Å². The third-order valence-electron chi connectivity index (χ3n) is 20.2. The number of primary amides is 2. The number of nitrogens with two attached hydrogens (primary N) is 2. The second kappa shape index (κ2) is 39.5. The highest BCUT2D eigenvalue weighted by Crippen LogP contribution is 2.39. The predicted octanol–water partition coefficient (Wildman–Crippen LogP) is 14.7. The summed E-state index contributed by atoms with van der Waals surface area (Å²) < 4.78 is 32.4. The van der Waals surface area contributed by atoms with Gasteiger partial charge in [-0.15, -0.1) is 0 Å². The number of methoxy groups -OCH3 is 1. The molecule has 0 aliphatic carbocycles. The number of carbonyl (C=O) groups excluding carboxylic acids is 8. The molecule has 4 atom stereocenters. The number of amides is 6. The minimum atomic E-state index is -0.683. The molecule has 117 heavy (non-hydrogen) atoms. The van der Waals surface area contributed by atoms with Crippen LogP contribution in [0.25, 0.3) is 0 Å². The Bertz CT molecular complexity index is 4790. The van der Waals surface area contributed by atoms with Crippen LogP contribution in [0.15, 0.2) is 170 Å². The van der Waals surface area contributed by atoms with E-state index in [2.05, 4.69) is 212 Å². The fourth-order valence-corrected chi connectivity index (χ4v) is 13.1. The van der Waals surface area contributed by atoms with Gasteiger partial charge in [0.15, 0.2) is 12.2 Å². The van der Waals surface area contributed by atoms with Crippen LogP contribution < -0.4 is 72.1 Å². The zero-order chi connectivity index (χ0) is 85.1. The van der Waals surface area contributed by atoms with Crippen LogP contribution in [0.3, 0.4) is 0 Å². The molecule has 24 nitrogen and oxygen atoms in total.